The summed E-state index contributed by atoms with van der Waals surface area (Å²) in [5.41, 5.74) is 4.93. The highest BCUT2D eigenvalue weighted by Gasteiger charge is 2.35. The molecule has 0 heterocycles. The minimum Gasteiger partial charge on any atom is -0.355 e. The standard InChI is InChI=1S/C36H41N3O4S/c1-5-31-17-10-11-18-33(31)39(44(42,43)32-21-19-27(3)20-22-32)26-35(40)38(25-30-16-12-13-28(4)23-30)34(36(41)37-6-2)24-29-14-8-7-9-15-29/h7-23,34H,5-6,24-26H2,1-4H3,(H,37,41)/t34-/m0/s1. The molecule has 0 spiro atoms. The minimum atomic E-state index is -4.14. The number of para-hydroxylation sites is 1. The van der Waals surface area contributed by atoms with Gasteiger partial charge in [0.05, 0.1) is 10.6 Å². The molecule has 8 heteroatoms. The molecule has 0 bridgehead atoms. The fourth-order valence-electron chi connectivity index (χ4n) is 5.26. The van der Waals surface area contributed by atoms with E-state index in [0.717, 1.165) is 27.8 Å². The predicted molar refractivity (Wildman–Crippen MR) is 176 cm³/mol. The van der Waals surface area contributed by atoms with Gasteiger partial charge in [-0.05, 0) is 62.1 Å². The molecule has 0 aliphatic rings. The Morgan fingerprint density at radius 1 is 0.773 bits per heavy atom. The molecule has 4 aromatic carbocycles. The number of hydrogen-bond acceptors (Lipinski definition) is 4. The number of rotatable bonds is 13. The number of carbonyl (C=O) groups is 2. The zero-order valence-electron chi connectivity index (χ0n) is 25.9. The van der Waals surface area contributed by atoms with Crippen LogP contribution in [0.4, 0.5) is 5.69 Å². The second kappa shape index (κ2) is 14.8. The Labute approximate surface area is 261 Å². The summed E-state index contributed by atoms with van der Waals surface area (Å²) in [7, 11) is -4.14. The van der Waals surface area contributed by atoms with Crippen LogP contribution in [0.1, 0.15) is 41.7 Å². The van der Waals surface area contributed by atoms with Gasteiger partial charge in [-0.3, -0.25) is 13.9 Å². The normalized spacial score (nSPS) is 11.9. The SMILES string of the molecule is CCNC(=O)[C@H](Cc1ccccc1)N(Cc1cccc(C)c1)C(=O)CN(c1ccccc1CC)S(=O)(=O)c1ccc(C)cc1. The Bertz CT molecular complexity index is 1670. The molecule has 0 saturated carbocycles. The Hall–Kier alpha value is -4.43. The van der Waals surface area contributed by atoms with Crippen molar-refractivity contribution in [1.29, 1.82) is 0 Å². The van der Waals surface area contributed by atoms with E-state index >= 15 is 0 Å². The van der Waals surface area contributed by atoms with Crippen LogP contribution >= 0.6 is 0 Å². The van der Waals surface area contributed by atoms with Crippen molar-refractivity contribution in [1.82, 2.24) is 10.2 Å². The molecular formula is C36H41N3O4S. The van der Waals surface area contributed by atoms with Gasteiger partial charge in [0.15, 0.2) is 0 Å². The van der Waals surface area contributed by atoms with E-state index in [1.807, 2.05) is 94.4 Å². The first-order chi connectivity index (χ1) is 21.1. The van der Waals surface area contributed by atoms with E-state index in [1.54, 1.807) is 36.4 Å². The Morgan fingerprint density at radius 3 is 2.09 bits per heavy atom. The lowest BCUT2D eigenvalue weighted by Crippen LogP contribution is -2.53. The number of aryl methyl sites for hydroxylation is 3. The van der Waals surface area contributed by atoms with Gasteiger partial charge in [0.1, 0.15) is 12.6 Å². The number of carbonyl (C=O) groups excluding carboxylic acids is 2. The van der Waals surface area contributed by atoms with Crippen LogP contribution in [0.3, 0.4) is 0 Å². The number of sulfonamides is 1. The number of likely N-dealkylation sites (N-methyl/N-ethyl adjacent to an activating group) is 1. The van der Waals surface area contributed by atoms with Crippen molar-refractivity contribution < 1.29 is 18.0 Å². The Kier molecular flexibility index (Phi) is 11.0. The van der Waals surface area contributed by atoms with Gasteiger partial charge in [0, 0.05) is 19.5 Å². The molecule has 0 unspecified atom stereocenters. The highest BCUT2D eigenvalue weighted by Crippen LogP contribution is 2.28. The van der Waals surface area contributed by atoms with Gasteiger partial charge in [-0.25, -0.2) is 8.42 Å². The summed E-state index contributed by atoms with van der Waals surface area (Å²) in [5.74, 6) is -0.764. The van der Waals surface area contributed by atoms with Crippen LogP contribution in [0.2, 0.25) is 0 Å². The van der Waals surface area contributed by atoms with E-state index in [1.165, 1.54) is 9.21 Å². The first-order valence-electron chi connectivity index (χ1n) is 15.0. The molecule has 4 aromatic rings. The topological polar surface area (TPSA) is 86.8 Å². The summed E-state index contributed by atoms with van der Waals surface area (Å²) in [5, 5.41) is 2.90. The fourth-order valence-corrected chi connectivity index (χ4v) is 6.71. The molecule has 1 atom stereocenters. The quantitative estimate of drug-likeness (QED) is 0.206. The Morgan fingerprint density at radius 2 is 1.43 bits per heavy atom. The van der Waals surface area contributed by atoms with E-state index in [2.05, 4.69) is 5.32 Å². The largest absolute Gasteiger partial charge is 0.355 e. The predicted octanol–water partition coefficient (Wildman–Crippen LogP) is 5.84. The zero-order valence-corrected chi connectivity index (χ0v) is 26.7. The van der Waals surface area contributed by atoms with Crippen LogP contribution in [0.15, 0.2) is 108 Å². The maximum atomic E-state index is 14.5. The van der Waals surface area contributed by atoms with Crippen LogP contribution in [0.5, 0.6) is 0 Å². The van der Waals surface area contributed by atoms with Crippen molar-refractivity contribution in [2.24, 2.45) is 0 Å². The summed E-state index contributed by atoms with van der Waals surface area (Å²) in [6.07, 6.45) is 0.854. The van der Waals surface area contributed by atoms with Crippen molar-refractivity contribution >= 4 is 27.5 Å². The number of benzene rings is 4. The van der Waals surface area contributed by atoms with E-state index in [-0.39, 0.29) is 23.8 Å². The van der Waals surface area contributed by atoms with Crippen LogP contribution in [0, 0.1) is 13.8 Å². The molecule has 0 radical (unpaired) electrons. The lowest BCUT2D eigenvalue weighted by atomic mass is 10.0. The lowest BCUT2D eigenvalue weighted by Gasteiger charge is -2.34. The summed E-state index contributed by atoms with van der Waals surface area (Å²) >= 11 is 0. The molecule has 7 nitrogen and oxygen atoms in total. The second-order valence-corrected chi connectivity index (χ2v) is 12.8. The summed E-state index contributed by atoms with van der Waals surface area (Å²) in [4.78, 5) is 29.8. The third-order valence-electron chi connectivity index (χ3n) is 7.59. The highest BCUT2D eigenvalue weighted by molar-refractivity contribution is 7.92. The molecule has 0 aliphatic heterocycles. The van der Waals surface area contributed by atoms with Crippen LogP contribution < -0.4 is 9.62 Å². The number of hydrogen-bond donors (Lipinski definition) is 1. The molecule has 2 amide bonds. The van der Waals surface area contributed by atoms with Crippen LogP contribution in [0.25, 0.3) is 0 Å². The third-order valence-corrected chi connectivity index (χ3v) is 9.36. The third kappa shape index (κ3) is 7.94. The van der Waals surface area contributed by atoms with Crippen LogP contribution in [-0.4, -0.2) is 44.3 Å². The molecule has 0 saturated heterocycles. The van der Waals surface area contributed by atoms with Gasteiger partial charge in [-0.15, -0.1) is 0 Å². The van der Waals surface area contributed by atoms with E-state index < -0.39 is 28.5 Å². The van der Waals surface area contributed by atoms with E-state index in [9.17, 15) is 18.0 Å². The van der Waals surface area contributed by atoms with Crippen LogP contribution in [-0.2, 0) is 39.0 Å². The molecule has 0 fully saturated rings. The van der Waals surface area contributed by atoms with Gasteiger partial charge >= 0.3 is 0 Å². The van der Waals surface area contributed by atoms with Crippen molar-refractivity contribution in [2.45, 2.75) is 58.0 Å². The average molecular weight is 612 g/mol. The Balaban J connectivity index is 1.82. The maximum absolute atomic E-state index is 14.5. The molecular weight excluding hydrogens is 570 g/mol. The van der Waals surface area contributed by atoms with Crippen molar-refractivity contribution in [2.75, 3.05) is 17.4 Å². The summed E-state index contributed by atoms with van der Waals surface area (Å²) in [6.45, 7) is 7.72. The minimum absolute atomic E-state index is 0.0941. The van der Waals surface area contributed by atoms with Gasteiger partial charge in [0.25, 0.3) is 10.0 Å². The molecule has 4 rings (SSSR count). The van der Waals surface area contributed by atoms with Gasteiger partial charge in [0.2, 0.25) is 11.8 Å². The van der Waals surface area contributed by atoms with Gasteiger partial charge in [-0.1, -0.05) is 103 Å². The lowest BCUT2D eigenvalue weighted by molar-refractivity contribution is -0.140. The van der Waals surface area contributed by atoms with Crippen molar-refractivity contribution in [3.8, 4) is 0 Å². The first-order valence-corrected chi connectivity index (χ1v) is 16.4. The maximum Gasteiger partial charge on any atom is 0.264 e. The van der Waals surface area contributed by atoms with Gasteiger partial charge in [-0.2, -0.15) is 0 Å². The highest BCUT2D eigenvalue weighted by atomic mass is 32.2. The first kappa shape index (κ1) is 32.5. The van der Waals surface area contributed by atoms with E-state index in [4.69, 9.17) is 0 Å². The average Bonchev–Trinajstić information content (AvgIpc) is 3.02. The zero-order chi connectivity index (χ0) is 31.7. The van der Waals surface area contributed by atoms with E-state index in [0.29, 0.717) is 18.7 Å². The number of nitrogens with zero attached hydrogens (tertiary/aromatic N) is 2. The molecule has 230 valence electrons. The monoisotopic (exact) mass is 611 g/mol. The number of amides is 2. The fraction of sp³-hybridized carbons (Fsp3) is 0.278. The molecule has 0 aromatic heterocycles. The van der Waals surface area contributed by atoms with Crippen molar-refractivity contribution in [3.63, 3.8) is 0 Å². The van der Waals surface area contributed by atoms with Crippen molar-refractivity contribution in [3.05, 3.63) is 131 Å². The second-order valence-electron chi connectivity index (χ2n) is 10.9. The summed E-state index contributed by atoms with van der Waals surface area (Å²) < 4.78 is 29.7. The number of nitrogens with one attached hydrogen (secondary N) is 1. The summed E-state index contributed by atoms with van der Waals surface area (Å²) in [6, 6.07) is 30.3. The number of anilines is 1. The molecule has 44 heavy (non-hydrogen) atoms. The molecule has 1 N–H and O–H groups in total. The molecule has 0 aliphatic carbocycles. The smallest absolute Gasteiger partial charge is 0.264 e. The van der Waals surface area contributed by atoms with Gasteiger partial charge < -0.3 is 10.2 Å².